The Morgan fingerprint density at radius 3 is 2.45 bits per heavy atom. The van der Waals surface area contributed by atoms with E-state index in [1.54, 1.807) is 12.1 Å². The zero-order valence-electron chi connectivity index (χ0n) is 10.9. The summed E-state index contributed by atoms with van der Waals surface area (Å²) in [7, 11) is 0.00488. The van der Waals surface area contributed by atoms with E-state index in [1.807, 2.05) is 12.1 Å². The molecule has 0 saturated carbocycles. The highest BCUT2D eigenvalue weighted by Crippen LogP contribution is 2.47. The molecule has 2 aliphatic rings. The zero-order valence-corrected chi connectivity index (χ0v) is 11.7. The van der Waals surface area contributed by atoms with Gasteiger partial charge in [-0.3, -0.25) is 0 Å². The van der Waals surface area contributed by atoms with Gasteiger partial charge in [-0.2, -0.15) is 0 Å². The lowest BCUT2D eigenvalue weighted by Gasteiger charge is -2.14. The molecule has 0 spiro atoms. The fourth-order valence-corrected chi connectivity index (χ4v) is 5.81. The van der Waals surface area contributed by atoms with Gasteiger partial charge in [-0.15, -0.1) is 0 Å². The minimum atomic E-state index is -0.166. The van der Waals surface area contributed by atoms with Crippen LogP contribution < -0.4 is 0 Å². The number of hydrogen-bond acceptors (Lipinski definition) is 0. The summed E-state index contributed by atoms with van der Waals surface area (Å²) in [5.41, 5.74) is 1.42. The molecule has 0 saturated heterocycles. The van der Waals surface area contributed by atoms with Gasteiger partial charge in [0.2, 0.25) is 0 Å². The van der Waals surface area contributed by atoms with Gasteiger partial charge in [-0.25, -0.2) is 4.39 Å². The number of hydrogen-bond donors (Lipinski definition) is 0. The van der Waals surface area contributed by atoms with Gasteiger partial charge in [0.15, 0.2) is 15.0 Å². The largest absolute Gasteiger partial charge is 0.207 e. The Kier molecular flexibility index (Phi) is 2.78. The van der Waals surface area contributed by atoms with Crippen LogP contribution in [0.25, 0.3) is 0 Å². The fraction of sp³-hybridized carbons (Fsp3) is 0.111. The topological polar surface area (TPSA) is 0 Å². The molecule has 1 aliphatic carbocycles. The van der Waals surface area contributed by atoms with Crippen LogP contribution in [0.5, 0.6) is 0 Å². The average Bonchev–Trinajstić information content (AvgIpc) is 2.83. The van der Waals surface area contributed by atoms with Crippen LogP contribution in [0.3, 0.4) is 0 Å². The first-order chi connectivity index (χ1) is 9.84. The van der Waals surface area contributed by atoms with Crippen molar-refractivity contribution < 1.29 is 4.39 Å². The van der Waals surface area contributed by atoms with Gasteiger partial charge in [-0.05, 0) is 36.4 Å². The molecule has 0 bridgehead atoms. The summed E-state index contributed by atoms with van der Waals surface area (Å²) < 4.78 is 13.2. The molecule has 20 heavy (non-hydrogen) atoms. The van der Waals surface area contributed by atoms with E-state index in [9.17, 15) is 4.39 Å². The molecule has 2 aromatic carbocycles. The Morgan fingerprint density at radius 2 is 1.60 bits per heavy atom. The van der Waals surface area contributed by atoms with Gasteiger partial charge >= 0.3 is 0 Å². The Labute approximate surface area is 121 Å². The number of halogens is 1. The van der Waals surface area contributed by atoms with Gasteiger partial charge in [0, 0.05) is 5.56 Å². The van der Waals surface area contributed by atoms with Crippen LogP contribution in [-0.4, -0.2) is 5.25 Å². The first-order valence-electron chi connectivity index (χ1n) is 6.77. The second kappa shape index (κ2) is 4.64. The summed E-state index contributed by atoms with van der Waals surface area (Å²) in [5.74, 6) is 0.296. The summed E-state index contributed by atoms with van der Waals surface area (Å²) in [5, 5.41) is 0.475. The molecule has 0 fully saturated rings. The van der Waals surface area contributed by atoms with Crippen LogP contribution in [-0.2, 0) is 10.9 Å². The van der Waals surface area contributed by atoms with Gasteiger partial charge in [0.1, 0.15) is 5.82 Å². The highest BCUT2D eigenvalue weighted by atomic mass is 32.2. The third-order valence-electron chi connectivity index (χ3n) is 3.94. The number of fused-ring (bicyclic) bond motifs is 3. The van der Waals surface area contributed by atoms with Crippen LogP contribution in [0.2, 0.25) is 0 Å². The van der Waals surface area contributed by atoms with Crippen molar-refractivity contribution in [2.45, 2.75) is 21.0 Å². The van der Waals surface area contributed by atoms with Crippen LogP contribution >= 0.6 is 0 Å². The molecule has 0 aromatic heterocycles. The van der Waals surface area contributed by atoms with E-state index < -0.39 is 0 Å². The maximum Gasteiger partial charge on any atom is 0.165 e. The average molecular weight is 281 g/mol. The molecular weight excluding hydrogens is 267 g/mol. The normalized spacial score (nSPS) is 26.4. The van der Waals surface area contributed by atoms with Gasteiger partial charge < -0.3 is 0 Å². The van der Waals surface area contributed by atoms with Crippen molar-refractivity contribution in [1.29, 1.82) is 0 Å². The van der Waals surface area contributed by atoms with Crippen molar-refractivity contribution in [3.05, 3.63) is 84.2 Å². The summed E-state index contributed by atoms with van der Waals surface area (Å²) in [6, 6.07) is 15.7. The molecule has 1 heterocycles. The molecule has 4 rings (SSSR count). The monoisotopic (exact) mass is 281 g/mol. The predicted molar refractivity (Wildman–Crippen MR) is 81.5 cm³/mol. The van der Waals surface area contributed by atoms with E-state index in [4.69, 9.17) is 0 Å². The molecule has 0 N–H and O–H groups in total. The second-order valence-electron chi connectivity index (χ2n) is 5.09. The van der Waals surface area contributed by atoms with Crippen LogP contribution in [0, 0.1) is 5.82 Å². The summed E-state index contributed by atoms with van der Waals surface area (Å²) in [4.78, 5) is 2.64. The smallest absolute Gasteiger partial charge is 0.165 e. The molecule has 2 heteroatoms. The van der Waals surface area contributed by atoms with Crippen molar-refractivity contribution in [1.82, 2.24) is 0 Å². The van der Waals surface area contributed by atoms with E-state index >= 15 is 0 Å². The van der Waals surface area contributed by atoms with Crippen LogP contribution in [0.4, 0.5) is 4.39 Å². The van der Waals surface area contributed by atoms with Gasteiger partial charge in [0.05, 0.1) is 16.8 Å². The van der Waals surface area contributed by atoms with E-state index in [-0.39, 0.29) is 16.7 Å². The minimum absolute atomic E-state index is 0.00488. The standard InChI is InChI=1S/C18H14FS/c19-13-9-11-14(12-10-13)20-17-7-3-1-5-15(17)16-6-2-4-8-18(16)20/h1-12,15,17H/q+1. The third kappa shape index (κ3) is 1.75. The summed E-state index contributed by atoms with van der Waals surface area (Å²) >= 11 is 0. The van der Waals surface area contributed by atoms with Gasteiger partial charge in [-0.1, -0.05) is 36.4 Å². The Balaban J connectivity index is 1.88. The molecule has 1 aliphatic heterocycles. The Bertz CT molecular complexity index is 700. The Morgan fingerprint density at radius 1 is 0.850 bits per heavy atom. The lowest BCUT2D eigenvalue weighted by Crippen LogP contribution is -2.19. The molecule has 3 atom stereocenters. The van der Waals surface area contributed by atoms with Crippen LogP contribution in [0.1, 0.15) is 11.5 Å². The quantitative estimate of drug-likeness (QED) is 0.677. The van der Waals surface area contributed by atoms with E-state index in [0.717, 1.165) is 0 Å². The van der Waals surface area contributed by atoms with Crippen molar-refractivity contribution in [3.63, 3.8) is 0 Å². The van der Waals surface area contributed by atoms with E-state index in [1.165, 1.54) is 15.4 Å². The number of benzene rings is 2. The zero-order chi connectivity index (χ0) is 13.5. The van der Waals surface area contributed by atoms with E-state index in [0.29, 0.717) is 11.2 Å². The first-order valence-corrected chi connectivity index (χ1v) is 8.06. The number of allylic oxidation sites excluding steroid dienone is 3. The molecule has 0 radical (unpaired) electrons. The van der Waals surface area contributed by atoms with Gasteiger partial charge in [0.25, 0.3) is 0 Å². The SMILES string of the molecule is Fc1ccc([S+]2c3ccccc3C3C=CC=CC32)cc1. The van der Waals surface area contributed by atoms with E-state index in [2.05, 4.69) is 48.6 Å². The molecule has 0 amide bonds. The molecular formula is C18H14FS+. The highest BCUT2D eigenvalue weighted by Gasteiger charge is 2.48. The van der Waals surface area contributed by atoms with Crippen molar-refractivity contribution >= 4 is 10.9 Å². The predicted octanol–water partition coefficient (Wildman–Crippen LogP) is 4.45. The van der Waals surface area contributed by atoms with Crippen molar-refractivity contribution in [2.24, 2.45) is 0 Å². The summed E-state index contributed by atoms with van der Waals surface area (Å²) in [6.45, 7) is 0. The van der Waals surface area contributed by atoms with Crippen molar-refractivity contribution in [2.75, 3.05) is 0 Å². The summed E-state index contributed by atoms with van der Waals surface area (Å²) in [6.07, 6.45) is 8.86. The number of rotatable bonds is 1. The molecule has 98 valence electrons. The molecule has 3 unspecified atom stereocenters. The Hall–Kier alpha value is -1.80. The fourth-order valence-electron chi connectivity index (χ4n) is 3.06. The second-order valence-corrected chi connectivity index (χ2v) is 7.22. The molecule has 2 aromatic rings. The third-order valence-corrected chi connectivity index (χ3v) is 6.56. The van der Waals surface area contributed by atoms with Crippen LogP contribution in [0.15, 0.2) is 82.6 Å². The van der Waals surface area contributed by atoms with Crippen molar-refractivity contribution in [3.8, 4) is 0 Å². The maximum absolute atomic E-state index is 13.2. The first kappa shape index (κ1) is 12.0. The minimum Gasteiger partial charge on any atom is -0.207 e. The lowest BCUT2D eigenvalue weighted by molar-refractivity contribution is 0.626. The lowest BCUT2D eigenvalue weighted by atomic mass is 9.93. The maximum atomic E-state index is 13.2. The molecule has 0 nitrogen and oxygen atoms in total. The highest BCUT2D eigenvalue weighted by molar-refractivity contribution is 7.98.